The van der Waals surface area contributed by atoms with Gasteiger partial charge in [-0.15, -0.1) is 0 Å². The van der Waals surface area contributed by atoms with Crippen molar-refractivity contribution >= 4 is 5.91 Å². The van der Waals surface area contributed by atoms with Gasteiger partial charge < -0.3 is 15.4 Å². The van der Waals surface area contributed by atoms with E-state index in [1.54, 1.807) is 6.92 Å². The van der Waals surface area contributed by atoms with Gasteiger partial charge in [-0.2, -0.15) is 13.2 Å². The number of hydrogen-bond donors (Lipinski definition) is 2. The predicted octanol–water partition coefficient (Wildman–Crippen LogP) is 1.95. The van der Waals surface area contributed by atoms with Gasteiger partial charge in [0.05, 0.1) is 18.2 Å². The second kappa shape index (κ2) is 7.99. The smallest absolute Gasteiger partial charge is 0.383 e. The lowest BCUT2D eigenvalue weighted by atomic mass is 10.1. The summed E-state index contributed by atoms with van der Waals surface area (Å²) in [6.45, 7) is 2.31. The number of carbonyl (C=O) groups excluding carboxylic acids is 1. The van der Waals surface area contributed by atoms with E-state index in [1.165, 1.54) is 25.3 Å². The summed E-state index contributed by atoms with van der Waals surface area (Å²) < 4.78 is 43.2. The molecule has 1 atom stereocenters. The number of halogens is 3. The molecule has 0 aliphatic rings. The first kappa shape index (κ1) is 17.5. The highest BCUT2D eigenvalue weighted by Gasteiger charge is 2.32. The van der Waals surface area contributed by atoms with Crippen LogP contribution in [0.4, 0.5) is 13.2 Å². The minimum Gasteiger partial charge on any atom is -0.383 e. The number of methoxy groups -OCH3 is 1. The molecule has 0 spiro atoms. The van der Waals surface area contributed by atoms with Crippen LogP contribution in [-0.2, 0) is 22.3 Å². The van der Waals surface area contributed by atoms with Crippen LogP contribution in [0.15, 0.2) is 24.3 Å². The largest absolute Gasteiger partial charge is 0.416 e. The highest BCUT2D eigenvalue weighted by atomic mass is 19.4. The molecule has 0 heterocycles. The first-order chi connectivity index (χ1) is 9.86. The van der Waals surface area contributed by atoms with E-state index in [1.807, 2.05) is 0 Å². The summed E-state index contributed by atoms with van der Waals surface area (Å²) in [6.07, 6.45) is -4.40. The fourth-order valence-corrected chi connectivity index (χ4v) is 1.74. The lowest BCUT2D eigenvalue weighted by molar-refractivity contribution is -0.138. The first-order valence-electron chi connectivity index (χ1n) is 6.51. The quantitative estimate of drug-likeness (QED) is 0.757. The van der Waals surface area contributed by atoms with E-state index in [2.05, 4.69) is 10.6 Å². The Balaban J connectivity index is 2.57. The van der Waals surface area contributed by atoms with Crippen LogP contribution < -0.4 is 10.6 Å². The van der Waals surface area contributed by atoms with E-state index < -0.39 is 17.8 Å². The Hall–Kier alpha value is -1.60. The Kier molecular flexibility index (Phi) is 6.64. The van der Waals surface area contributed by atoms with E-state index in [-0.39, 0.29) is 18.0 Å². The molecule has 0 bridgehead atoms. The Labute approximate surface area is 121 Å². The number of hydrogen-bond acceptors (Lipinski definition) is 3. The molecule has 118 valence electrons. The van der Waals surface area contributed by atoms with Gasteiger partial charge in [0, 0.05) is 20.2 Å². The number of nitrogens with one attached hydrogen (secondary N) is 2. The Bertz CT molecular complexity index is 464. The zero-order valence-corrected chi connectivity index (χ0v) is 12.0. The van der Waals surface area contributed by atoms with Crippen LogP contribution in [0, 0.1) is 0 Å². The van der Waals surface area contributed by atoms with E-state index >= 15 is 0 Å². The summed E-state index contributed by atoms with van der Waals surface area (Å²) in [5, 5.41) is 5.40. The van der Waals surface area contributed by atoms with Crippen LogP contribution >= 0.6 is 0 Å². The van der Waals surface area contributed by atoms with E-state index in [9.17, 15) is 18.0 Å². The summed E-state index contributed by atoms with van der Waals surface area (Å²) in [4.78, 5) is 11.7. The van der Waals surface area contributed by atoms with Gasteiger partial charge in [-0.1, -0.05) is 18.2 Å². The highest BCUT2D eigenvalue weighted by molar-refractivity contribution is 5.81. The third-order valence-electron chi connectivity index (χ3n) is 2.92. The molecule has 1 amide bonds. The Morgan fingerprint density at radius 3 is 2.62 bits per heavy atom. The van der Waals surface area contributed by atoms with Crippen molar-refractivity contribution in [3.05, 3.63) is 35.4 Å². The van der Waals surface area contributed by atoms with Crippen molar-refractivity contribution in [1.29, 1.82) is 0 Å². The van der Waals surface area contributed by atoms with Crippen LogP contribution in [0.25, 0.3) is 0 Å². The SMILES string of the molecule is COCCNC(=O)C(C)NCc1ccccc1C(F)(F)F. The summed E-state index contributed by atoms with van der Waals surface area (Å²) in [5.74, 6) is -0.281. The molecular formula is C14H19F3N2O2. The van der Waals surface area contributed by atoms with Crippen molar-refractivity contribution in [3.8, 4) is 0 Å². The maximum atomic E-state index is 12.8. The van der Waals surface area contributed by atoms with Crippen LogP contribution in [0.5, 0.6) is 0 Å². The van der Waals surface area contributed by atoms with Crippen molar-refractivity contribution in [2.45, 2.75) is 25.7 Å². The van der Waals surface area contributed by atoms with Crippen molar-refractivity contribution in [1.82, 2.24) is 10.6 Å². The number of ether oxygens (including phenoxy) is 1. The van der Waals surface area contributed by atoms with Crippen LogP contribution in [0.3, 0.4) is 0 Å². The Morgan fingerprint density at radius 2 is 2.00 bits per heavy atom. The molecule has 1 aromatic rings. The summed E-state index contributed by atoms with van der Waals surface area (Å²) in [5.41, 5.74) is -0.578. The molecule has 0 saturated heterocycles. The number of rotatable bonds is 7. The van der Waals surface area contributed by atoms with Crippen LogP contribution in [0.1, 0.15) is 18.1 Å². The number of alkyl halides is 3. The molecule has 2 N–H and O–H groups in total. The zero-order chi connectivity index (χ0) is 15.9. The molecule has 0 aliphatic heterocycles. The lowest BCUT2D eigenvalue weighted by Gasteiger charge is -2.17. The van der Waals surface area contributed by atoms with Gasteiger partial charge in [0.25, 0.3) is 0 Å². The minimum atomic E-state index is -4.40. The van der Waals surface area contributed by atoms with E-state index in [4.69, 9.17) is 4.74 Å². The predicted molar refractivity (Wildman–Crippen MR) is 72.6 cm³/mol. The minimum absolute atomic E-state index is 0.0332. The molecule has 1 aromatic carbocycles. The molecule has 0 aliphatic carbocycles. The van der Waals surface area contributed by atoms with Crippen molar-refractivity contribution in [2.75, 3.05) is 20.3 Å². The van der Waals surface area contributed by atoms with Gasteiger partial charge in [-0.05, 0) is 18.6 Å². The third-order valence-corrected chi connectivity index (χ3v) is 2.92. The summed E-state index contributed by atoms with van der Waals surface area (Å²) in [6, 6.07) is 4.71. The van der Waals surface area contributed by atoms with E-state index in [0.29, 0.717) is 13.2 Å². The second-order valence-corrected chi connectivity index (χ2v) is 4.54. The number of carbonyl (C=O) groups is 1. The molecule has 4 nitrogen and oxygen atoms in total. The average molecular weight is 304 g/mol. The molecule has 1 rings (SSSR count). The van der Waals surface area contributed by atoms with Crippen molar-refractivity contribution < 1.29 is 22.7 Å². The van der Waals surface area contributed by atoms with Crippen molar-refractivity contribution in [3.63, 3.8) is 0 Å². The van der Waals surface area contributed by atoms with Crippen LogP contribution in [0.2, 0.25) is 0 Å². The topological polar surface area (TPSA) is 50.4 Å². The maximum Gasteiger partial charge on any atom is 0.416 e. The average Bonchev–Trinajstić information content (AvgIpc) is 2.44. The monoisotopic (exact) mass is 304 g/mol. The molecule has 0 aromatic heterocycles. The normalized spacial score (nSPS) is 13.0. The maximum absolute atomic E-state index is 12.8. The van der Waals surface area contributed by atoms with Gasteiger partial charge >= 0.3 is 6.18 Å². The third kappa shape index (κ3) is 5.73. The van der Waals surface area contributed by atoms with Gasteiger partial charge in [0.2, 0.25) is 5.91 Å². The van der Waals surface area contributed by atoms with Gasteiger partial charge in [-0.3, -0.25) is 4.79 Å². The molecule has 7 heteroatoms. The summed E-state index contributed by atoms with van der Waals surface area (Å²) in [7, 11) is 1.52. The van der Waals surface area contributed by atoms with E-state index in [0.717, 1.165) is 6.07 Å². The molecule has 0 saturated carbocycles. The molecular weight excluding hydrogens is 285 g/mol. The summed E-state index contributed by atoms with van der Waals surface area (Å²) >= 11 is 0. The first-order valence-corrected chi connectivity index (χ1v) is 6.51. The van der Waals surface area contributed by atoms with Gasteiger partial charge in [0.15, 0.2) is 0 Å². The molecule has 0 radical (unpaired) electrons. The standard InChI is InChI=1S/C14H19F3N2O2/c1-10(13(20)18-7-8-21-2)19-9-11-5-3-4-6-12(11)14(15,16)17/h3-6,10,19H,7-9H2,1-2H3,(H,18,20). The fourth-order valence-electron chi connectivity index (χ4n) is 1.74. The lowest BCUT2D eigenvalue weighted by Crippen LogP contribution is -2.43. The molecule has 21 heavy (non-hydrogen) atoms. The van der Waals surface area contributed by atoms with Crippen LogP contribution in [-0.4, -0.2) is 32.2 Å². The number of benzene rings is 1. The molecule has 1 unspecified atom stereocenters. The Morgan fingerprint density at radius 1 is 1.33 bits per heavy atom. The van der Waals surface area contributed by atoms with Gasteiger partial charge in [0.1, 0.15) is 0 Å². The van der Waals surface area contributed by atoms with Gasteiger partial charge in [-0.25, -0.2) is 0 Å². The molecule has 0 fully saturated rings. The number of amides is 1. The highest BCUT2D eigenvalue weighted by Crippen LogP contribution is 2.31. The fraction of sp³-hybridized carbons (Fsp3) is 0.500. The second-order valence-electron chi connectivity index (χ2n) is 4.54. The van der Waals surface area contributed by atoms with Crippen molar-refractivity contribution in [2.24, 2.45) is 0 Å². The zero-order valence-electron chi connectivity index (χ0n) is 12.0.